The van der Waals surface area contributed by atoms with Crippen molar-refractivity contribution in [1.29, 1.82) is 0 Å². The van der Waals surface area contributed by atoms with E-state index in [4.69, 9.17) is 10.2 Å². The quantitative estimate of drug-likeness (QED) is 0.344. The summed E-state index contributed by atoms with van der Waals surface area (Å²) >= 11 is 3.59. The van der Waals surface area contributed by atoms with Crippen molar-refractivity contribution in [1.82, 2.24) is 9.88 Å². The van der Waals surface area contributed by atoms with Crippen LogP contribution in [0.1, 0.15) is 5.76 Å². The molecule has 0 bridgehead atoms. The SMILES string of the molecule is I.NC(=NCc1ccc(-c2nc3ccccc3s2)o1)N1CCSCC1. The van der Waals surface area contributed by atoms with E-state index in [1.54, 1.807) is 11.3 Å². The Morgan fingerprint density at radius 2 is 2.00 bits per heavy atom. The standard InChI is InChI=1S/C17H18N4OS2.HI/c18-17(21-7-9-23-10-8-21)19-11-12-5-6-14(22-12)16-20-13-3-1-2-4-15(13)24-16;/h1-6H,7-11H2,(H2,18,19);1H. The Balaban J connectivity index is 0.00000182. The Bertz CT molecular complexity index is 837. The largest absolute Gasteiger partial charge is 0.457 e. The molecule has 0 radical (unpaired) electrons. The van der Waals surface area contributed by atoms with Crippen molar-refractivity contribution in [2.75, 3.05) is 24.6 Å². The molecule has 8 heteroatoms. The van der Waals surface area contributed by atoms with Crippen molar-refractivity contribution in [2.45, 2.75) is 6.54 Å². The first-order valence-corrected chi connectivity index (χ1v) is 9.84. The zero-order valence-corrected chi connectivity index (χ0v) is 17.5. The lowest BCUT2D eigenvalue weighted by atomic mass is 10.3. The van der Waals surface area contributed by atoms with Crippen molar-refractivity contribution in [3.05, 3.63) is 42.2 Å². The number of aliphatic imine (C=N–C) groups is 1. The second-order valence-corrected chi connectivity index (χ2v) is 7.78. The lowest BCUT2D eigenvalue weighted by Gasteiger charge is -2.27. The number of halogens is 1. The van der Waals surface area contributed by atoms with E-state index in [0.29, 0.717) is 12.5 Å². The van der Waals surface area contributed by atoms with Crippen LogP contribution < -0.4 is 5.73 Å². The van der Waals surface area contributed by atoms with Gasteiger partial charge in [0.15, 0.2) is 16.7 Å². The molecule has 0 aliphatic carbocycles. The fraction of sp³-hybridized carbons (Fsp3) is 0.294. The van der Waals surface area contributed by atoms with E-state index in [9.17, 15) is 0 Å². The van der Waals surface area contributed by atoms with E-state index in [-0.39, 0.29) is 24.0 Å². The van der Waals surface area contributed by atoms with Crippen LogP contribution in [0.4, 0.5) is 0 Å². The van der Waals surface area contributed by atoms with Crippen LogP contribution in [0, 0.1) is 0 Å². The van der Waals surface area contributed by atoms with Gasteiger partial charge < -0.3 is 15.1 Å². The zero-order chi connectivity index (χ0) is 16.4. The topological polar surface area (TPSA) is 67.6 Å². The van der Waals surface area contributed by atoms with Gasteiger partial charge in [-0.05, 0) is 24.3 Å². The summed E-state index contributed by atoms with van der Waals surface area (Å²) in [5.74, 6) is 4.42. The molecule has 3 heterocycles. The Labute approximate surface area is 171 Å². The van der Waals surface area contributed by atoms with Crippen LogP contribution in [-0.4, -0.2) is 40.4 Å². The zero-order valence-electron chi connectivity index (χ0n) is 13.6. The predicted molar refractivity (Wildman–Crippen MR) is 117 cm³/mol. The second kappa shape index (κ2) is 8.41. The first-order valence-electron chi connectivity index (χ1n) is 7.87. The number of fused-ring (bicyclic) bond motifs is 1. The number of hydrogen-bond acceptors (Lipinski definition) is 5. The average molecular weight is 486 g/mol. The molecule has 1 aliphatic rings. The maximum atomic E-state index is 6.08. The highest BCUT2D eigenvalue weighted by molar-refractivity contribution is 14.0. The molecule has 0 unspecified atom stereocenters. The number of para-hydroxylation sites is 1. The Hall–Kier alpha value is -1.26. The fourth-order valence-electron chi connectivity index (χ4n) is 2.61. The molecule has 2 N–H and O–H groups in total. The van der Waals surface area contributed by atoms with Gasteiger partial charge in [0.25, 0.3) is 0 Å². The molecule has 0 saturated carbocycles. The highest BCUT2D eigenvalue weighted by Gasteiger charge is 2.13. The minimum absolute atomic E-state index is 0. The van der Waals surface area contributed by atoms with Gasteiger partial charge in [0, 0.05) is 24.6 Å². The number of aromatic nitrogens is 1. The van der Waals surface area contributed by atoms with Crippen molar-refractivity contribution >= 4 is 63.3 Å². The average Bonchev–Trinajstić information content (AvgIpc) is 3.27. The van der Waals surface area contributed by atoms with Gasteiger partial charge in [0.1, 0.15) is 12.3 Å². The highest BCUT2D eigenvalue weighted by atomic mass is 127. The summed E-state index contributed by atoms with van der Waals surface area (Å²) in [6.07, 6.45) is 0. The van der Waals surface area contributed by atoms with E-state index in [1.807, 2.05) is 42.1 Å². The minimum atomic E-state index is 0. The molecule has 1 fully saturated rings. The molecule has 0 amide bonds. The molecule has 0 atom stereocenters. The maximum Gasteiger partial charge on any atom is 0.191 e. The van der Waals surface area contributed by atoms with E-state index in [0.717, 1.165) is 51.3 Å². The van der Waals surface area contributed by atoms with Crippen molar-refractivity contribution in [3.8, 4) is 10.8 Å². The minimum Gasteiger partial charge on any atom is -0.457 e. The summed E-state index contributed by atoms with van der Waals surface area (Å²) in [4.78, 5) is 11.2. The lowest BCUT2D eigenvalue weighted by Crippen LogP contribution is -2.42. The molecule has 132 valence electrons. The van der Waals surface area contributed by atoms with E-state index >= 15 is 0 Å². The molecule has 4 rings (SSSR count). The monoisotopic (exact) mass is 486 g/mol. The number of hydrogen-bond donors (Lipinski definition) is 1. The van der Waals surface area contributed by atoms with E-state index < -0.39 is 0 Å². The van der Waals surface area contributed by atoms with Crippen molar-refractivity contribution < 1.29 is 4.42 Å². The van der Waals surface area contributed by atoms with Gasteiger partial charge in [-0.3, -0.25) is 0 Å². The maximum absolute atomic E-state index is 6.08. The van der Waals surface area contributed by atoms with Crippen LogP contribution in [0.15, 0.2) is 45.8 Å². The van der Waals surface area contributed by atoms with Crippen LogP contribution in [0.2, 0.25) is 0 Å². The van der Waals surface area contributed by atoms with Crippen LogP contribution in [0.3, 0.4) is 0 Å². The van der Waals surface area contributed by atoms with Crippen molar-refractivity contribution in [2.24, 2.45) is 10.7 Å². The molecule has 5 nitrogen and oxygen atoms in total. The van der Waals surface area contributed by atoms with E-state index in [2.05, 4.69) is 20.9 Å². The van der Waals surface area contributed by atoms with Gasteiger partial charge in [0.05, 0.1) is 10.2 Å². The van der Waals surface area contributed by atoms with Crippen LogP contribution in [0.25, 0.3) is 21.0 Å². The molecule has 1 saturated heterocycles. The van der Waals surface area contributed by atoms with E-state index in [1.165, 1.54) is 0 Å². The Morgan fingerprint density at radius 1 is 1.20 bits per heavy atom. The molecule has 25 heavy (non-hydrogen) atoms. The third kappa shape index (κ3) is 4.29. The molecule has 1 aliphatic heterocycles. The smallest absolute Gasteiger partial charge is 0.191 e. The second-order valence-electron chi connectivity index (χ2n) is 5.53. The van der Waals surface area contributed by atoms with Gasteiger partial charge in [-0.1, -0.05) is 12.1 Å². The Morgan fingerprint density at radius 3 is 2.80 bits per heavy atom. The number of nitrogens with zero attached hydrogens (tertiary/aromatic N) is 3. The molecule has 0 spiro atoms. The number of thiazole rings is 1. The summed E-state index contributed by atoms with van der Waals surface area (Å²) in [5, 5.41) is 0.896. The fourth-order valence-corrected chi connectivity index (χ4v) is 4.44. The normalized spacial score (nSPS) is 15.4. The molecular weight excluding hydrogens is 467 g/mol. The van der Waals surface area contributed by atoms with Crippen LogP contribution in [0.5, 0.6) is 0 Å². The van der Waals surface area contributed by atoms with Gasteiger partial charge in [-0.2, -0.15) is 11.8 Å². The number of guanidine groups is 1. The molecule has 2 aromatic heterocycles. The molecule has 3 aromatic rings. The van der Waals surface area contributed by atoms with Crippen LogP contribution >= 0.6 is 47.1 Å². The summed E-state index contributed by atoms with van der Waals surface area (Å²) in [5.41, 5.74) is 7.08. The summed E-state index contributed by atoms with van der Waals surface area (Å²) in [6.45, 7) is 2.39. The predicted octanol–water partition coefficient (Wildman–Crippen LogP) is 4.04. The number of thioether (sulfide) groups is 1. The first-order chi connectivity index (χ1) is 11.8. The summed E-state index contributed by atoms with van der Waals surface area (Å²) in [6, 6.07) is 12.0. The summed E-state index contributed by atoms with van der Waals surface area (Å²) < 4.78 is 7.06. The number of furan rings is 1. The van der Waals surface area contributed by atoms with Gasteiger partial charge in [-0.15, -0.1) is 35.3 Å². The third-order valence-corrected chi connectivity index (χ3v) is 5.89. The molecular formula is C17H19IN4OS2. The van der Waals surface area contributed by atoms with Crippen LogP contribution in [-0.2, 0) is 6.54 Å². The third-order valence-electron chi connectivity index (χ3n) is 3.90. The van der Waals surface area contributed by atoms with Gasteiger partial charge in [-0.25, -0.2) is 9.98 Å². The van der Waals surface area contributed by atoms with Gasteiger partial charge in [0.2, 0.25) is 0 Å². The van der Waals surface area contributed by atoms with Gasteiger partial charge >= 0.3 is 0 Å². The summed E-state index contributed by atoms with van der Waals surface area (Å²) in [7, 11) is 0. The van der Waals surface area contributed by atoms with Crippen molar-refractivity contribution in [3.63, 3.8) is 0 Å². The highest BCUT2D eigenvalue weighted by Crippen LogP contribution is 2.31. The Kier molecular flexibility index (Phi) is 6.24. The molecule has 1 aromatic carbocycles. The first kappa shape index (κ1) is 18.5. The number of benzene rings is 1. The lowest BCUT2D eigenvalue weighted by molar-refractivity contribution is 0.453. The number of nitrogens with two attached hydrogens (primary N) is 1. The number of rotatable bonds is 3.